The smallest absolute Gasteiger partial charge is 0.307 e. The molecule has 0 aliphatic carbocycles. The fraction of sp³-hybridized carbons (Fsp3) is 0.556. The number of nitrogens with zero attached hydrogens (tertiary/aromatic N) is 1. The average Bonchev–Trinajstić information content (AvgIpc) is 3.17. The Labute approximate surface area is 146 Å². The lowest BCUT2D eigenvalue weighted by Crippen LogP contribution is -2.39. The van der Waals surface area contributed by atoms with E-state index >= 15 is 0 Å². The van der Waals surface area contributed by atoms with Crippen molar-refractivity contribution < 1.29 is 28.5 Å². The molecule has 136 valence electrons. The summed E-state index contributed by atoms with van der Waals surface area (Å²) in [6.07, 6.45) is 2.04. The third-order valence-corrected chi connectivity index (χ3v) is 4.35. The molecular weight excluding hydrogens is 326 g/mol. The van der Waals surface area contributed by atoms with Gasteiger partial charge in [-0.2, -0.15) is 0 Å². The van der Waals surface area contributed by atoms with Crippen LogP contribution in [0.4, 0.5) is 0 Å². The van der Waals surface area contributed by atoms with Gasteiger partial charge < -0.3 is 23.8 Å². The van der Waals surface area contributed by atoms with Gasteiger partial charge in [0.05, 0.1) is 25.2 Å². The Bertz CT molecular complexity index is 626. The zero-order valence-electron chi connectivity index (χ0n) is 14.4. The van der Waals surface area contributed by atoms with Crippen LogP contribution in [0, 0.1) is 0 Å². The van der Waals surface area contributed by atoms with Crippen molar-refractivity contribution in [1.29, 1.82) is 0 Å². The van der Waals surface area contributed by atoms with E-state index in [0.717, 1.165) is 12.8 Å². The number of hydrogen-bond donors (Lipinski definition) is 0. The molecule has 7 heteroatoms. The predicted molar refractivity (Wildman–Crippen MR) is 88.9 cm³/mol. The summed E-state index contributed by atoms with van der Waals surface area (Å²) in [4.78, 5) is 26.2. The molecule has 0 spiro atoms. The molecule has 3 rings (SSSR count). The van der Waals surface area contributed by atoms with Gasteiger partial charge in [-0.15, -0.1) is 0 Å². The van der Waals surface area contributed by atoms with Crippen LogP contribution in [0.25, 0.3) is 0 Å². The maximum absolute atomic E-state index is 13.1. The van der Waals surface area contributed by atoms with Gasteiger partial charge in [-0.05, 0) is 25.0 Å². The fourth-order valence-electron chi connectivity index (χ4n) is 3.05. The molecule has 0 radical (unpaired) electrons. The molecule has 2 aliphatic heterocycles. The Morgan fingerprint density at radius 1 is 1.24 bits per heavy atom. The number of para-hydroxylation sites is 1. The van der Waals surface area contributed by atoms with E-state index in [1.54, 1.807) is 23.1 Å². The van der Waals surface area contributed by atoms with E-state index < -0.39 is 0 Å². The Morgan fingerprint density at radius 3 is 2.84 bits per heavy atom. The van der Waals surface area contributed by atoms with Crippen LogP contribution in [0.3, 0.4) is 0 Å². The molecule has 1 aromatic carbocycles. The van der Waals surface area contributed by atoms with Crippen LogP contribution in [0.1, 0.15) is 29.6 Å². The van der Waals surface area contributed by atoms with Gasteiger partial charge in [0.2, 0.25) is 0 Å². The fourth-order valence-corrected chi connectivity index (χ4v) is 3.05. The van der Waals surface area contributed by atoms with E-state index in [-0.39, 0.29) is 30.9 Å². The van der Waals surface area contributed by atoms with Crippen molar-refractivity contribution in [1.82, 2.24) is 4.90 Å². The Kier molecular flexibility index (Phi) is 5.75. The monoisotopic (exact) mass is 349 g/mol. The van der Waals surface area contributed by atoms with Crippen molar-refractivity contribution in [3.63, 3.8) is 0 Å². The summed E-state index contributed by atoms with van der Waals surface area (Å²) >= 11 is 0. The first-order valence-corrected chi connectivity index (χ1v) is 8.55. The summed E-state index contributed by atoms with van der Waals surface area (Å²) in [7, 11) is 1.34. The minimum atomic E-state index is -0.347. The van der Waals surface area contributed by atoms with Crippen LogP contribution >= 0.6 is 0 Å². The SMILES string of the molecule is COC(=O)CCN(CC1CCCO1)C(=O)c1cccc2c1OCCO2. The first kappa shape index (κ1) is 17.5. The molecule has 1 amide bonds. The van der Waals surface area contributed by atoms with Crippen molar-refractivity contribution in [2.45, 2.75) is 25.4 Å². The summed E-state index contributed by atoms with van der Waals surface area (Å²) in [6, 6.07) is 5.27. The molecule has 0 bridgehead atoms. The number of ether oxygens (including phenoxy) is 4. The lowest BCUT2D eigenvalue weighted by atomic mass is 10.1. The average molecular weight is 349 g/mol. The van der Waals surface area contributed by atoms with E-state index in [2.05, 4.69) is 0 Å². The van der Waals surface area contributed by atoms with Crippen molar-refractivity contribution in [3.05, 3.63) is 23.8 Å². The lowest BCUT2D eigenvalue weighted by Gasteiger charge is -2.27. The maximum atomic E-state index is 13.1. The van der Waals surface area contributed by atoms with E-state index in [1.165, 1.54) is 7.11 Å². The predicted octanol–water partition coefficient (Wildman–Crippen LogP) is 1.64. The van der Waals surface area contributed by atoms with Crippen molar-refractivity contribution >= 4 is 11.9 Å². The van der Waals surface area contributed by atoms with Gasteiger partial charge in [0.15, 0.2) is 11.5 Å². The number of rotatable bonds is 6. The van der Waals surface area contributed by atoms with Crippen LogP contribution in [-0.4, -0.2) is 62.9 Å². The quantitative estimate of drug-likeness (QED) is 0.727. The molecule has 1 aromatic rings. The molecule has 0 N–H and O–H groups in total. The summed E-state index contributed by atoms with van der Waals surface area (Å²) in [5.41, 5.74) is 0.445. The van der Waals surface area contributed by atoms with Crippen molar-refractivity contribution in [2.75, 3.05) is 40.0 Å². The van der Waals surface area contributed by atoms with E-state index in [4.69, 9.17) is 18.9 Å². The van der Waals surface area contributed by atoms with Gasteiger partial charge in [-0.1, -0.05) is 6.07 Å². The third kappa shape index (κ3) is 4.22. The van der Waals surface area contributed by atoms with Crippen LogP contribution in [0.2, 0.25) is 0 Å². The van der Waals surface area contributed by atoms with Gasteiger partial charge in [0.25, 0.3) is 5.91 Å². The van der Waals surface area contributed by atoms with Crippen molar-refractivity contribution in [3.8, 4) is 11.5 Å². The van der Waals surface area contributed by atoms with Crippen LogP contribution in [-0.2, 0) is 14.3 Å². The molecule has 1 fully saturated rings. The molecule has 1 atom stereocenters. The van der Waals surface area contributed by atoms with Gasteiger partial charge in [0.1, 0.15) is 13.2 Å². The lowest BCUT2D eigenvalue weighted by molar-refractivity contribution is -0.140. The second kappa shape index (κ2) is 8.20. The van der Waals surface area contributed by atoms with Gasteiger partial charge in [0, 0.05) is 19.7 Å². The standard InChI is InChI=1S/C18H23NO6/c1-22-16(20)7-8-19(12-13-4-3-9-23-13)18(21)14-5-2-6-15-17(14)25-11-10-24-15/h2,5-6,13H,3-4,7-12H2,1H3. The third-order valence-electron chi connectivity index (χ3n) is 4.35. The zero-order valence-corrected chi connectivity index (χ0v) is 14.4. The second-order valence-electron chi connectivity index (χ2n) is 6.04. The maximum Gasteiger partial charge on any atom is 0.307 e. The zero-order chi connectivity index (χ0) is 17.6. The normalized spacial score (nSPS) is 18.7. The molecule has 1 unspecified atom stereocenters. The highest BCUT2D eigenvalue weighted by atomic mass is 16.6. The molecule has 0 saturated carbocycles. The Morgan fingerprint density at radius 2 is 2.08 bits per heavy atom. The van der Waals surface area contributed by atoms with Gasteiger partial charge >= 0.3 is 5.97 Å². The summed E-state index contributed by atoms with van der Waals surface area (Å²) in [5.74, 6) is 0.498. The Hall–Kier alpha value is -2.28. The number of benzene rings is 1. The molecule has 7 nitrogen and oxygen atoms in total. The first-order chi connectivity index (χ1) is 12.2. The number of hydrogen-bond acceptors (Lipinski definition) is 6. The molecule has 1 saturated heterocycles. The van der Waals surface area contributed by atoms with E-state index in [0.29, 0.717) is 43.4 Å². The molecule has 0 aromatic heterocycles. The van der Waals surface area contributed by atoms with Gasteiger partial charge in [-0.3, -0.25) is 9.59 Å². The molecule has 2 heterocycles. The highest BCUT2D eigenvalue weighted by Crippen LogP contribution is 2.34. The largest absolute Gasteiger partial charge is 0.486 e. The molecule has 2 aliphatic rings. The topological polar surface area (TPSA) is 74.3 Å². The number of carbonyl (C=O) groups excluding carboxylic acids is 2. The summed E-state index contributed by atoms with van der Waals surface area (Å²) in [6.45, 7) is 2.30. The number of amides is 1. The molecule has 25 heavy (non-hydrogen) atoms. The van der Waals surface area contributed by atoms with Crippen molar-refractivity contribution in [2.24, 2.45) is 0 Å². The van der Waals surface area contributed by atoms with Crippen LogP contribution in [0.15, 0.2) is 18.2 Å². The first-order valence-electron chi connectivity index (χ1n) is 8.55. The van der Waals surface area contributed by atoms with E-state index in [9.17, 15) is 9.59 Å². The summed E-state index contributed by atoms with van der Waals surface area (Å²) < 4.78 is 21.5. The number of carbonyl (C=O) groups is 2. The van der Waals surface area contributed by atoms with E-state index in [1.807, 2.05) is 0 Å². The number of methoxy groups -OCH3 is 1. The number of fused-ring (bicyclic) bond motifs is 1. The number of esters is 1. The summed E-state index contributed by atoms with van der Waals surface area (Å²) in [5, 5.41) is 0. The highest BCUT2D eigenvalue weighted by Gasteiger charge is 2.28. The van der Waals surface area contributed by atoms with Crippen LogP contribution < -0.4 is 9.47 Å². The molecular formula is C18H23NO6. The second-order valence-corrected chi connectivity index (χ2v) is 6.04. The Balaban J connectivity index is 1.78. The minimum absolute atomic E-state index is 0.00157. The minimum Gasteiger partial charge on any atom is -0.486 e. The highest BCUT2D eigenvalue weighted by molar-refractivity contribution is 5.98. The van der Waals surface area contributed by atoms with Gasteiger partial charge in [-0.25, -0.2) is 0 Å². The van der Waals surface area contributed by atoms with Crippen LogP contribution in [0.5, 0.6) is 11.5 Å².